The van der Waals surface area contributed by atoms with E-state index in [0.29, 0.717) is 22.7 Å². The summed E-state index contributed by atoms with van der Waals surface area (Å²) in [6.07, 6.45) is 4.75. The van der Waals surface area contributed by atoms with E-state index in [9.17, 15) is 9.18 Å². The Morgan fingerprint density at radius 2 is 2.35 bits per heavy atom. The van der Waals surface area contributed by atoms with Gasteiger partial charge in [-0.05, 0) is 31.5 Å². The molecule has 6 heteroatoms. The monoisotopic (exact) mass is 294 g/mol. The number of fused-ring (bicyclic) bond motifs is 1. The van der Waals surface area contributed by atoms with Gasteiger partial charge in [0.25, 0.3) is 0 Å². The van der Waals surface area contributed by atoms with Crippen LogP contribution in [0.2, 0.25) is 0 Å². The summed E-state index contributed by atoms with van der Waals surface area (Å²) in [5, 5.41) is 9.38. The van der Waals surface area contributed by atoms with Gasteiger partial charge >= 0.3 is 5.97 Å². The maximum atomic E-state index is 13.4. The van der Waals surface area contributed by atoms with Gasteiger partial charge in [-0.3, -0.25) is 4.79 Å². The molecule has 20 heavy (non-hydrogen) atoms. The molecule has 1 aromatic heterocycles. The Labute approximate surface area is 120 Å². The smallest absolute Gasteiger partial charge is 0.313 e. The van der Waals surface area contributed by atoms with Crippen molar-refractivity contribution >= 4 is 28.8 Å². The minimum Gasteiger partial charge on any atom is -0.481 e. The summed E-state index contributed by atoms with van der Waals surface area (Å²) < 4.78 is 15.2. The summed E-state index contributed by atoms with van der Waals surface area (Å²) in [4.78, 5) is 15.1. The zero-order valence-electron chi connectivity index (χ0n) is 11.0. The van der Waals surface area contributed by atoms with Crippen LogP contribution in [-0.4, -0.2) is 26.4 Å². The predicted molar refractivity (Wildman–Crippen MR) is 77.5 cm³/mol. The lowest BCUT2D eigenvalue weighted by molar-refractivity contribution is -0.133. The number of nitrogens with zero attached hydrogens (tertiary/aromatic N) is 2. The molecule has 0 bridgehead atoms. The molecule has 4 nitrogen and oxygen atoms in total. The Bertz CT molecular complexity index is 652. The molecule has 2 aromatic rings. The number of thioether (sulfide) groups is 1. The van der Waals surface area contributed by atoms with Crippen LogP contribution in [-0.2, 0) is 11.3 Å². The fourth-order valence-corrected chi connectivity index (χ4v) is 2.66. The molecular formula is C14H15FN2O2S. The number of aromatic nitrogens is 2. The van der Waals surface area contributed by atoms with E-state index < -0.39 is 5.97 Å². The second-order valence-electron chi connectivity index (χ2n) is 4.22. The van der Waals surface area contributed by atoms with Crippen molar-refractivity contribution in [3.8, 4) is 0 Å². The molecule has 1 aromatic carbocycles. The highest BCUT2D eigenvalue weighted by Crippen LogP contribution is 2.25. The lowest BCUT2D eigenvalue weighted by Crippen LogP contribution is -2.03. The van der Waals surface area contributed by atoms with Crippen molar-refractivity contribution in [3.63, 3.8) is 0 Å². The van der Waals surface area contributed by atoms with Gasteiger partial charge in [-0.15, -0.1) is 0 Å². The van der Waals surface area contributed by atoms with E-state index >= 15 is 0 Å². The second kappa shape index (κ2) is 6.56. The van der Waals surface area contributed by atoms with E-state index in [1.165, 1.54) is 12.1 Å². The van der Waals surface area contributed by atoms with Crippen LogP contribution in [0.5, 0.6) is 0 Å². The number of hydrogen-bond donors (Lipinski definition) is 1. The molecule has 106 valence electrons. The molecule has 0 fully saturated rings. The van der Waals surface area contributed by atoms with E-state index in [-0.39, 0.29) is 11.6 Å². The third-order valence-electron chi connectivity index (χ3n) is 2.76. The first-order valence-corrected chi connectivity index (χ1v) is 7.22. The molecule has 0 unspecified atom stereocenters. The molecule has 0 atom stereocenters. The zero-order valence-corrected chi connectivity index (χ0v) is 11.9. The third kappa shape index (κ3) is 3.39. The fraction of sp³-hybridized carbons (Fsp3) is 0.286. The molecule has 1 heterocycles. The second-order valence-corrected chi connectivity index (χ2v) is 5.16. The normalized spacial score (nSPS) is 11.5. The molecule has 0 saturated heterocycles. The molecule has 1 N–H and O–H groups in total. The molecule has 0 spiro atoms. The quantitative estimate of drug-likeness (QED) is 0.656. The summed E-state index contributed by atoms with van der Waals surface area (Å²) in [6, 6.07) is 4.40. The van der Waals surface area contributed by atoms with Crippen LogP contribution in [0.25, 0.3) is 11.0 Å². The first-order valence-electron chi connectivity index (χ1n) is 6.23. The van der Waals surface area contributed by atoms with Crippen molar-refractivity contribution < 1.29 is 14.3 Å². The standard InChI is InChI=1S/C14H15FN2O2S/c1-2-3-4-7-17-12-8-10(15)5-6-11(12)16-14(17)20-9-13(18)19/h2-3,5-6,8H,4,7,9H2,1H3,(H,18,19)/b3-2+. The number of carbonyl (C=O) groups is 1. The topological polar surface area (TPSA) is 55.1 Å². The Kier molecular flexibility index (Phi) is 4.79. The number of allylic oxidation sites excluding steroid dienone is 2. The van der Waals surface area contributed by atoms with Gasteiger partial charge in [-0.2, -0.15) is 0 Å². The van der Waals surface area contributed by atoms with Gasteiger partial charge in [0, 0.05) is 6.54 Å². The van der Waals surface area contributed by atoms with Gasteiger partial charge in [0.05, 0.1) is 16.8 Å². The lowest BCUT2D eigenvalue weighted by atomic mass is 10.3. The molecule has 0 amide bonds. The van der Waals surface area contributed by atoms with Gasteiger partial charge < -0.3 is 9.67 Å². The van der Waals surface area contributed by atoms with Gasteiger partial charge in [0.1, 0.15) is 5.82 Å². The Hall–Kier alpha value is -1.82. The van der Waals surface area contributed by atoms with Crippen LogP contribution in [0.1, 0.15) is 13.3 Å². The number of carboxylic acids is 1. The lowest BCUT2D eigenvalue weighted by Gasteiger charge is -2.06. The molecule has 0 aliphatic carbocycles. The first kappa shape index (κ1) is 14.6. The Morgan fingerprint density at radius 3 is 3.05 bits per heavy atom. The van der Waals surface area contributed by atoms with Crippen molar-refractivity contribution in [3.05, 3.63) is 36.2 Å². The van der Waals surface area contributed by atoms with Crippen LogP contribution >= 0.6 is 11.8 Å². The highest BCUT2D eigenvalue weighted by molar-refractivity contribution is 7.99. The zero-order chi connectivity index (χ0) is 14.5. The van der Waals surface area contributed by atoms with Crippen molar-refractivity contribution in [2.75, 3.05) is 5.75 Å². The number of halogens is 1. The average Bonchev–Trinajstić information content (AvgIpc) is 2.74. The molecule has 2 rings (SSSR count). The molecular weight excluding hydrogens is 279 g/mol. The summed E-state index contributed by atoms with van der Waals surface area (Å²) in [5.41, 5.74) is 1.38. The third-order valence-corrected chi connectivity index (χ3v) is 3.72. The van der Waals surface area contributed by atoms with Crippen LogP contribution in [0.3, 0.4) is 0 Å². The van der Waals surface area contributed by atoms with Crippen LogP contribution in [0.4, 0.5) is 4.39 Å². The van der Waals surface area contributed by atoms with Crippen molar-refractivity contribution in [1.82, 2.24) is 9.55 Å². The average molecular weight is 294 g/mol. The Morgan fingerprint density at radius 1 is 1.55 bits per heavy atom. The number of aliphatic carboxylic acids is 1. The van der Waals surface area contributed by atoms with E-state index in [0.717, 1.165) is 18.2 Å². The van der Waals surface area contributed by atoms with Gasteiger partial charge in [-0.1, -0.05) is 23.9 Å². The summed E-state index contributed by atoms with van der Waals surface area (Å²) in [6.45, 7) is 2.58. The van der Waals surface area contributed by atoms with Crippen LogP contribution in [0, 0.1) is 5.82 Å². The number of hydrogen-bond acceptors (Lipinski definition) is 3. The minimum absolute atomic E-state index is 0.0601. The predicted octanol–water partition coefficient (Wildman–Crippen LogP) is 3.32. The molecule has 0 saturated carbocycles. The van der Waals surface area contributed by atoms with Crippen molar-refractivity contribution in [2.24, 2.45) is 0 Å². The van der Waals surface area contributed by atoms with Crippen LogP contribution < -0.4 is 0 Å². The minimum atomic E-state index is -0.895. The highest BCUT2D eigenvalue weighted by atomic mass is 32.2. The fourth-order valence-electron chi connectivity index (χ4n) is 1.90. The van der Waals surface area contributed by atoms with Crippen molar-refractivity contribution in [1.29, 1.82) is 0 Å². The first-order chi connectivity index (χ1) is 9.61. The summed E-state index contributed by atoms with van der Waals surface area (Å²) >= 11 is 1.15. The molecule has 0 aliphatic rings. The van der Waals surface area contributed by atoms with Crippen molar-refractivity contribution in [2.45, 2.75) is 25.0 Å². The number of imidazole rings is 1. The van der Waals surface area contributed by atoms with E-state index in [1.807, 2.05) is 23.6 Å². The number of rotatable bonds is 6. The number of aryl methyl sites for hydroxylation is 1. The largest absolute Gasteiger partial charge is 0.481 e. The summed E-state index contributed by atoms with van der Waals surface area (Å²) in [5.74, 6) is -1.28. The molecule has 0 aliphatic heterocycles. The van der Waals surface area contributed by atoms with Gasteiger partial charge in [0.2, 0.25) is 0 Å². The van der Waals surface area contributed by atoms with Gasteiger partial charge in [-0.25, -0.2) is 9.37 Å². The maximum Gasteiger partial charge on any atom is 0.313 e. The highest BCUT2D eigenvalue weighted by Gasteiger charge is 2.12. The number of benzene rings is 1. The SMILES string of the molecule is C/C=C/CCn1c(SCC(=O)O)nc2ccc(F)cc21. The van der Waals surface area contributed by atoms with E-state index in [2.05, 4.69) is 4.98 Å². The maximum absolute atomic E-state index is 13.4. The van der Waals surface area contributed by atoms with Crippen LogP contribution in [0.15, 0.2) is 35.5 Å². The number of carboxylic acid groups (broad SMARTS) is 1. The summed E-state index contributed by atoms with van der Waals surface area (Å²) in [7, 11) is 0. The Balaban J connectivity index is 2.37. The van der Waals surface area contributed by atoms with E-state index in [1.54, 1.807) is 6.07 Å². The van der Waals surface area contributed by atoms with E-state index in [4.69, 9.17) is 5.11 Å². The molecule has 0 radical (unpaired) electrons. The van der Waals surface area contributed by atoms with Gasteiger partial charge in [0.15, 0.2) is 5.16 Å².